The second kappa shape index (κ2) is 7.09. The molecule has 1 aliphatic rings. The molecular formula is C20H27N3O3. The fourth-order valence-electron chi connectivity index (χ4n) is 3.81. The van der Waals surface area contributed by atoms with Crippen LogP contribution in [0.5, 0.6) is 0 Å². The highest BCUT2D eigenvalue weighted by Crippen LogP contribution is 2.32. The number of H-pyrrole nitrogens is 1. The van der Waals surface area contributed by atoms with Gasteiger partial charge in [-0.3, -0.25) is 14.7 Å². The fraction of sp³-hybridized carbons (Fsp3) is 0.550. The van der Waals surface area contributed by atoms with Crippen LogP contribution in [0.25, 0.3) is 10.9 Å². The summed E-state index contributed by atoms with van der Waals surface area (Å²) in [6.45, 7) is 7.64. The van der Waals surface area contributed by atoms with Gasteiger partial charge in [0.25, 0.3) is 0 Å². The zero-order valence-electron chi connectivity index (χ0n) is 15.7. The lowest BCUT2D eigenvalue weighted by atomic mass is 9.91. The van der Waals surface area contributed by atoms with Gasteiger partial charge in [0.1, 0.15) is 0 Å². The lowest BCUT2D eigenvalue weighted by Crippen LogP contribution is -2.40. The minimum atomic E-state index is -0.807. The summed E-state index contributed by atoms with van der Waals surface area (Å²) >= 11 is 0. The number of nitrogens with one attached hydrogen (secondary N) is 1. The number of amides is 1. The predicted octanol–water partition coefficient (Wildman–Crippen LogP) is 3.36. The number of carboxylic acids is 1. The average molecular weight is 357 g/mol. The van der Waals surface area contributed by atoms with Gasteiger partial charge in [0, 0.05) is 30.8 Å². The molecule has 2 N–H and O–H groups in total. The average Bonchev–Trinajstić information content (AvgIpc) is 2.97. The van der Waals surface area contributed by atoms with E-state index < -0.39 is 5.97 Å². The Morgan fingerprint density at radius 3 is 2.85 bits per heavy atom. The first-order chi connectivity index (χ1) is 12.2. The number of aromatic amines is 1. The molecule has 0 spiro atoms. The molecule has 0 radical (unpaired) electrons. The van der Waals surface area contributed by atoms with Gasteiger partial charge in [0.15, 0.2) is 0 Å². The molecule has 0 saturated carbocycles. The van der Waals surface area contributed by atoms with E-state index in [-0.39, 0.29) is 23.7 Å². The zero-order chi connectivity index (χ0) is 18.9. The maximum absolute atomic E-state index is 13.2. The van der Waals surface area contributed by atoms with E-state index in [9.17, 15) is 9.59 Å². The Labute approximate surface area is 153 Å². The summed E-state index contributed by atoms with van der Waals surface area (Å²) in [5.41, 5.74) is 3.31. The number of nitrogens with zero attached hydrogens (tertiary/aromatic N) is 2. The number of carboxylic acid groups (broad SMARTS) is 1. The summed E-state index contributed by atoms with van der Waals surface area (Å²) in [5, 5.41) is 17.1. The van der Waals surface area contributed by atoms with E-state index in [4.69, 9.17) is 5.11 Å². The molecule has 2 heterocycles. The van der Waals surface area contributed by atoms with Crippen molar-refractivity contribution in [2.24, 2.45) is 11.3 Å². The minimum Gasteiger partial charge on any atom is -0.481 e. The number of aliphatic carboxylic acids is 1. The minimum absolute atomic E-state index is 0.00390. The third-order valence-corrected chi connectivity index (χ3v) is 4.92. The fourth-order valence-corrected chi connectivity index (χ4v) is 3.81. The van der Waals surface area contributed by atoms with Gasteiger partial charge >= 0.3 is 5.97 Å². The predicted molar refractivity (Wildman–Crippen MR) is 99.6 cm³/mol. The van der Waals surface area contributed by atoms with Crippen molar-refractivity contribution in [1.29, 1.82) is 0 Å². The van der Waals surface area contributed by atoms with E-state index in [2.05, 4.69) is 37.0 Å². The molecule has 0 unspecified atom stereocenters. The number of hydrogen-bond donors (Lipinski definition) is 2. The molecule has 1 amide bonds. The number of rotatable bonds is 5. The van der Waals surface area contributed by atoms with Crippen molar-refractivity contribution < 1.29 is 14.7 Å². The number of carbonyl (C=O) groups excluding carboxylic acids is 1. The third kappa shape index (κ3) is 4.06. The number of hydrogen-bond acceptors (Lipinski definition) is 3. The molecule has 1 aromatic heterocycles. The van der Waals surface area contributed by atoms with E-state index in [1.807, 2.05) is 17.2 Å². The Hall–Kier alpha value is -2.37. The standard InChI is InChI=1S/C20H27N3O3/c1-20(2,3)12-23-11-16-13(7-8-17-15(16)10-21-22-17)9-14(19(23)26)5-4-6-18(24)25/h7-8,10,14H,4-6,9,11-12H2,1-3H3,(H,21,22)(H,24,25)/t14-/m0/s1. The lowest BCUT2D eigenvalue weighted by molar-refractivity contribution is -0.139. The first kappa shape index (κ1) is 18.4. The molecule has 26 heavy (non-hydrogen) atoms. The first-order valence-corrected chi connectivity index (χ1v) is 9.19. The molecular weight excluding hydrogens is 330 g/mol. The summed E-state index contributed by atoms with van der Waals surface area (Å²) in [7, 11) is 0. The molecule has 6 nitrogen and oxygen atoms in total. The number of benzene rings is 1. The molecule has 1 aliphatic heterocycles. The van der Waals surface area contributed by atoms with Crippen LogP contribution in [-0.2, 0) is 22.6 Å². The van der Waals surface area contributed by atoms with Gasteiger partial charge in [-0.15, -0.1) is 0 Å². The van der Waals surface area contributed by atoms with Crippen molar-refractivity contribution in [3.05, 3.63) is 29.5 Å². The van der Waals surface area contributed by atoms with Crippen molar-refractivity contribution in [3.8, 4) is 0 Å². The molecule has 6 heteroatoms. The smallest absolute Gasteiger partial charge is 0.303 e. The van der Waals surface area contributed by atoms with Crippen molar-refractivity contribution in [2.45, 2.75) is 53.0 Å². The zero-order valence-corrected chi connectivity index (χ0v) is 15.7. The van der Waals surface area contributed by atoms with Gasteiger partial charge in [0.05, 0.1) is 11.7 Å². The van der Waals surface area contributed by atoms with Gasteiger partial charge < -0.3 is 10.0 Å². The Balaban J connectivity index is 1.94. The molecule has 140 valence electrons. The normalized spacial score (nSPS) is 18.0. The van der Waals surface area contributed by atoms with Crippen LogP contribution in [0.1, 0.15) is 51.2 Å². The van der Waals surface area contributed by atoms with E-state index in [1.165, 1.54) is 5.56 Å². The summed E-state index contributed by atoms with van der Waals surface area (Å²) in [4.78, 5) is 26.0. The Morgan fingerprint density at radius 1 is 1.38 bits per heavy atom. The van der Waals surface area contributed by atoms with Crippen molar-refractivity contribution in [2.75, 3.05) is 6.54 Å². The lowest BCUT2D eigenvalue weighted by Gasteiger charge is -2.31. The van der Waals surface area contributed by atoms with Crippen LogP contribution in [0, 0.1) is 11.3 Å². The van der Waals surface area contributed by atoms with E-state index in [0.29, 0.717) is 32.4 Å². The van der Waals surface area contributed by atoms with Crippen LogP contribution >= 0.6 is 0 Å². The maximum Gasteiger partial charge on any atom is 0.303 e. The van der Waals surface area contributed by atoms with E-state index in [1.54, 1.807) is 0 Å². The van der Waals surface area contributed by atoms with Gasteiger partial charge in [0.2, 0.25) is 5.91 Å². The van der Waals surface area contributed by atoms with Crippen LogP contribution < -0.4 is 0 Å². The van der Waals surface area contributed by atoms with Crippen LogP contribution in [0.2, 0.25) is 0 Å². The van der Waals surface area contributed by atoms with Crippen LogP contribution in [-0.4, -0.2) is 38.6 Å². The second-order valence-corrected chi connectivity index (χ2v) is 8.48. The molecule has 1 atom stereocenters. The van der Waals surface area contributed by atoms with Crippen molar-refractivity contribution in [3.63, 3.8) is 0 Å². The molecule has 3 rings (SSSR count). The third-order valence-electron chi connectivity index (χ3n) is 4.92. The Kier molecular flexibility index (Phi) is 5.03. The van der Waals surface area contributed by atoms with Crippen LogP contribution in [0.15, 0.2) is 18.3 Å². The Bertz CT molecular complexity index is 819. The molecule has 0 fully saturated rings. The van der Waals surface area contributed by atoms with Crippen LogP contribution in [0.4, 0.5) is 0 Å². The second-order valence-electron chi connectivity index (χ2n) is 8.48. The van der Waals surface area contributed by atoms with Gasteiger partial charge in [-0.05, 0) is 41.9 Å². The van der Waals surface area contributed by atoms with Gasteiger partial charge in [-0.25, -0.2) is 0 Å². The van der Waals surface area contributed by atoms with E-state index in [0.717, 1.165) is 16.5 Å². The summed E-state index contributed by atoms with van der Waals surface area (Å²) in [6, 6.07) is 4.09. The van der Waals surface area contributed by atoms with Gasteiger partial charge in [-0.1, -0.05) is 26.8 Å². The Morgan fingerprint density at radius 2 is 2.15 bits per heavy atom. The van der Waals surface area contributed by atoms with Crippen molar-refractivity contribution >= 4 is 22.8 Å². The topological polar surface area (TPSA) is 86.3 Å². The quantitative estimate of drug-likeness (QED) is 0.859. The number of fused-ring (bicyclic) bond motifs is 3. The molecule has 0 saturated heterocycles. The molecule has 0 aliphatic carbocycles. The SMILES string of the molecule is CC(C)(C)CN1Cc2c(ccc3[nH]ncc23)C[C@H](CCCC(=O)O)C1=O. The monoisotopic (exact) mass is 357 g/mol. The summed E-state index contributed by atoms with van der Waals surface area (Å²) < 4.78 is 0. The largest absolute Gasteiger partial charge is 0.481 e. The molecule has 0 bridgehead atoms. The number of aromatic nitrogens is 2. The van der Waals surface area contributed by atoms with Gasteiger partial charge in [-0.2, -0.15) is 5.10 Å². The molecule has 1 aromatic carbocycles. The highest BCUT2D eigenvalue weighted by Gasteiger charge is 2.32. The van der Waals surface area contributed by atoms with E-state index >= 15 is 0 Å². The molecule has 2 aromatic rings. The summed E-state index contributed by atoms with van der Waals surface area (Å²) in [6.07, 6.45) is 3.73. The van der Waals surface area contributed by atoms with Crippen LogP contribution in [0.3, 0.4) is 0 Å². The highest BCUT2D eigenvalue weighted by atomic mass is 16.4. The maximum atomic E-state index is 13.2. The highest BCUT2D eigenvalue weighted by molar-refractivity contribution is 5.86. The first-order valence-electron chi connectivity index (χ1n) is 9.19. The van der Waals surface area contributed by atoms with Crippen molar-refractivity contribution in [1.82, 2.24) is 15.1 Å². The number of carbonyl (C=O) groups is 2. The summed E-state index contributed by atoms with van der Waals surface area (Å²) in [5.74, 6) is -0.835.